The molecule has 1 aliphatic rings. The van der Waals surface area contributed by atoms with Crippen LogP contribution in [-0.2, 0) is 0 Å². The van der Waals surface area contributed by atoms with Crippen LogP contribution in [0, 0.1) is 0 Å². The lowest BCUT2D eigenvalue weighted by molar-refractivity contribution is 0.0906. The van der Waals surface area contributed by atoms with Crippen molar-refractivity contribution in [3.05, 3.63) is 16.6 Å². The Labute approximate surface area is 99.7 Å². The van der Waals surface area contributed by atoms with Crippen LogP contribution in [0.3, 0.4) is 0 Å². The summed E-state index contributed by atoms with van der Waals surface area (Å²) in [6.45, 7) is 2.56. The van der Waals surface area contributed by atoms with Crippen LogP contribution in [0.5, 0.6) is 0 Å². The zero-order valence-corrected chi connectivity index (χ0v) is 10.3. The topological polar surface area (TPSA) is 45.2 Å². The van der Waals surface area contributed by atoms with Gasteiger partial charge in [-0.3, -0.25) is 9.69 Å². The molecule has 4 nitrogen and oxygen atoms in total. The highest BCUT2D eigenvalue weighted by Crippen LogP contribution is 2.11. The van der Waals surface area contributed by atoms with E-state index in [0.717, 1.165) is 13.1 Å². The molecular formula is C11H17N3OS. The SMILES string of the molecule is CN(CC(=O)c1nccs1)C1CCCNC1. The van der Waals surface area contributed by atoms with E-state index in [1.807, 2.05) is 12.4 Å². The molecule has 1 aromatic rings. The van der Waals surface area contributed by atoms with Crippen LogP contribution in [0.4, 0.5) is 0 Å². The van der Waals surface area contributed by atoms with Gasteiger partial charge in [0.05, 0.1) is 6.54 Å². The molecule has 0 amide bonds. The summed E-state index contributed by atoms with van der Waals surface area (Å²) in [6, 6.07) is 0.484. The first kappa shape index (κ1) is 11.7. The second kappa shape index (κ2) is 5.52. The zero-order valence-electron chi connectivity index (χ0n) is 9.48. The maximum atomic E-state index is 11.8. The molecule has 1 N–H and O–H groups in total. The van der Waals surface area contributed by atoms with E-state index in [1.54, 1.807) is 6.20 Å². The van der Waals surface area contributed by atoms with Crippen molar-refractivity contribution in [2.45, 2.75) is 18.9 Å². The van der Waals surface area contributed by atoms with Gasteiger partial charge in [0.15, 0.2) is 5.01 Å². The molecule has 16 heavy (non-hydrogen) atoms. The molecule has 1 aromatic heterocycles. The molecule has 1 fully saturated rings. The predicted octanol–water partition coefficient (Wildman–Crippen LogP) is 1.01. The van der Waals surface area contributed by atoms with E-state index >= 15 is 0 Å². The van der Waals surface area contributed by atoms with Crippen molar-refractivity contribution < 1.29 is 4.79 Å². The second-order valence-corrected chi connectivity index (χ2v) is 5.07. The van der Waals surface area contributed by atoms with Gasteiger partial charge >= 0.3 is 0 Å². The van der Waals surface area contributed by atoms with E-state index in [2.05, 4.69) is 15.2 Å². The third kappa shape index (κ3) is 2.87. The molecular weight excluding hydrogens is 222 g/mol. The lowest BCUT2D eigenvalue weighted by Gasteiger charge is -2.30. The predicted molar refractivity (Wildman–Crippen MR) is 65.0 cm³/mol. The number of carbonyl (C=O) groups excluding carboxylic acids is 1. The molecule has 1 unspecified atom stereocenters. The van der Waals surface area contributed by atoms with Crippen molar-refractivity contribution >= 4 is 17.1 Å². The van der Waals surface area contributed by atoms with E-state index in [0.29, 0.717) is 17.6 Å². The summed E-state index contributed by atoms with van der Waals surface area (Å²) >= 11 is 1.42. The van der Waals surface area contributed by atoms with Crippen molar-refractivity contribution in [1.29, 1.82) is 0 Å². The lowest BCUT2D eigenvalue weighted by Crippen LogP contribution is -2.45. The molecule has 2 rings (SSSR count). The van der Waals surface area contributed by atoms with Crippen molar-refractivity contribution in [3.8, 4) is 0 Å². The number of nitrogens with one attached hydrogen (secondary N) is 1. The minimum absolute atomic E-state index is 0.128. The third-order valence-corrected chi connectivity index (χ3v) is 3.77. The molecule has 88 valence electrons. The van der Waals surface area contributed by atoms with Gasteiger partial charge < -0.3 is 5.32 Å². The average molecular weight is 239 g/mol. The summed E-state index contributed by atoms with van der Waals surface area (Å²) in [6.07, 6.45) is 4.05. The van der Waals surface area contributed by atoms with Crippen LogP contribution < -0.4 is 5.32 Å². The number of piperidine rings is 1. The normalized spacial score (nSPS) is 21.2. The molecule has 0 bridgehead atoms. The van der Waals surface area contributed by atoms with E-state index in [-0.39, 0.29) is 5.78 Å². The summed E-state index contributed by atoms with van der Waals surface area (Å²) < 4.78 is 0. The number of thiazole rings is 1. The smallest absolute Gasteiger partial charge is 0.205 e. The fraction of sp³-hybridized carbons (Fsp3) is 0.636. The van der Waals surface area contributed by atoms with Crippen molar-refractivity contribution in [3.63, 3.8) is 0 Å². The van der Waals surface area contributed by atoms with E-state index in [1.165, 1.54) is 24.2 Å². The highest BCUT2D eigenvalue weighted by atomic mass is 32.1. The monoisotopic (exact) mass is 239 g/mol. The Morgan fingerprint density at radius 1 is 1.75 bits per heavy atom. The highest BCUT2D eigenvalue weighted by molar-refractivity contribution is 7.11. The molecule has 1 atom stereocenters. The van der Waals surface area contributed by atoms with Gasteiger partial charge in [-0.15, -0.1) is 11.3 Å². The average Bonchev–Trinajstić information content (AvgIpc) is 2.83. The number of carbonyl (C=O) groups is 1. The number of Topliss-reactive ketones (excluding diaryl/α,β-unsaturated/α-hetero) is 1. The minimum Gasteiger partial charge on any atom is -0.315 e. The van der Waals surface area contributed by atoms with Crippen LogP contribution in [0.25, 0.3) is 0 Å². The van der Waals surface area contributed by atoms with Crippen molar-refractivity contribution in [2.24, 2.45) is 0 Å². The Kier molecular flexibility index (Phi) is 4.04. The fourth-order valence-electron chi connectivity index (χ4n) is 1.99. The van der Waals surface area contributed by atoms with E-state index in [4.69, 9.17) is 0 Å². The maximum absolute atomic E-state index is 11.8. The molecule has 0 spiro atoms. The molecule has 0 aromatic carbocycles. The molecule has 5 heteroatoms. The number of ketones is 1. The van der Waals surface area contributed by atoms with Gasteiger partial charge in [-0.2, -0.15) is 0 Å². The van der Waals surface area contributed by atoms with Crippen LogP contribution in [0.1, 0.15) is 22.6 Å². The van der Waals surface area contributed by atoms with Gasteiger partial charge in [0.1, 0.15) is 0 Å². The van der Waals surface area contributed by atoms with Crippen LogP contribution in [0.15, 0.2) is 11.6 Å². The number of likely N-dealkylation sites (N-methyl/N-ethyl adjacent to an activating group) is 1. The number of aromatic nitrogens is 1. The van der Waals surface area contributed by atoms with Crippen LogP contribution >= 0.6 is 11.3 Å². The first-order chi connectivity index (χ1) is 7.77. The Morgan fingerprint density at radius 3 is 3.25 bits per heavy atom. The van der Waals surface area contributed by atoms with Gasteiger partial charge in [0, 0.05) is 24.2 Å². The van der Waals surface area contributed by atoms with Crippen molar-refractivity contribution in [2.75, 3.05) is 26.7 Å². The molecule has 2 heterocycles. The standard InChI is InChI=1S/C11H17N3OS/c1-14(9-3-2-4-12-7-9)8-10(15)11-13-5-6-16-11/h5-6,9,12H,2-4,7-8H2,1H3. The Morgan fingerprint density at radius 2 is 2.62 bits per heavy atom. The highest BCUT2D eigenvalue weighted by Gasteiger charge is 2.20. The minimum atomic E-state index is 0.128. The van der Waals surface area contributed by atoms with Gasteiger partial charge in [0.2, 0.25) is 5.78 Å². The largest absolute Gasteiger partial charge is 0.315 e. The summed E-state index contributed by atoms with van der Waals surface area (Å²) in [5, 5.41) is 5.82. The van der Waals surface area contributed by atoms with Crippen molar-refractivity contribution in [1.82, 2.24) is 15.2 Å². The quantitative estimate of drug-likeness (QED) is 0.797. The number of hydrogen-bond acceptors (Lipinski definition) is 5. The van der Waals surface area contributed by atoms with Crippen LogP contribution in [-0.4, -0.2) is 48.4 Å². The number of nitrogens with zero attached hydrogens (tertiary/aromatic N) is 2. The third-order valence-electron chi connectivity index (χ3n) is 2.96. The van der Waals surface area contributed by atoms with Crippen LogP contribution in [0.2, 0.25) is 0 Å². The Bertz CT molecular complexity index is 333. The molecule has 1 saturated heterocycles. The molecule has 0 aliphatic carbocycles. The molecule has 0 saturated carbocycles. The first-order valence-electron chi connectivity index (χ1n) is 5.61. The lowest BCUT2D eigenvalue weighted by atomic mass is 10.1. The maximum Gasteiger partial charge on any atom is 0.205 e. The fourth-order valence-corrected chi connectivity index (χ4v) is 2.56. The van der Waals surface area contributed by atoms with Gasteiger partial charge in [-0.1, -0.05) is 0 Å². The summed E-state index contributed by atoms with van der Waals surface area (Å²) in [5.41, 5.74) is 0. The van der Waals surface area contributed by atoms with Gasteiger partial charge in [0.25, 0.3) is 0 Å². The number of rotatable bonds is 4. The summed E-state index contributed by atoms with van der Waals surface area (Å²) in [4.78, 5) is 18.0. The second-order valence-electron chi connectivity index (χ2n) is 4.18. The summed E-state index contributed by atoms with van der Waals surface area (Å²) in [7, 11) is 2.02. The van der Waals surface area contributed by atoms with Gasteiger partial charge in [-0.25, -0.2) is 4.98 Å². The Balaban J connectivity index is 1.86. The number of hydrogen-bond donors (Lipinski definition) is 1. The molecule has 0 radical (unpaired) electrons. The molecule has 1 aliphatic heterocycles. The Hall–Kier alpha value is -0.780. The van der Waals surface area contributed by atoms with Gasteiger partial charge in [-0.05, 0) is 26.4 Å². The van der Waals surface area contributed by atoms with E-state index in [9.17, 15) is 4.79 Å². The zero-order chi connectivity index (χ0) is 11.4. The van der Waals surface area contributed by atoms with E-state index < -0.39 is 0 Å². The first-order valence-corrected chi connectivity index (χ1v) is 6.49. The summed E-state index contributed by atoms with van der Waals surface area (Å²) in [5.74, 6) is 0.128.